The molecule has 23 heavy (non-hydrogen) atoms. The third-order valence-corrected chi connectivity index (χ3v) is 3.27. The fourth-order valence-corrected chi connectivity index (χ4v) is 2.17. The standard InChI is InChI=1S/C14H9N3O6/c18-11-5-12(19)10(17(22)23)4-7(11)13-15-8-2-1-6(14(20)21)3-9(8)16-13/h1-5,18-19H,(H,15,16)(H,20,21). The zero-order chi connectivity index (χ0) is 16.7. The summed E-state index contributed by atoms with van der Waals surface area (Å²) in [5, 5.41) is 39.2. The molecule has 9 nitrogen and oxygen atoms in total. The molecule has 0 aliphatic heterocycles. The number of phenolic OH excluding ortho intramolecular Hbond substituents is 2. The summed E-state index contributed by atoms with van der Waals surface area (Å²) in [6.07, 6.45) is 0. The Morgan fingerprint density at radius 3 is 2.57 bits per heavy atom. The Hall–Kier alpha value is -3.62. The van der Waals surface area contributed by atoms with Crippen LogP contribution in [0, 0.1) is 10.1 Å². The van der Waals surface area contributed by atoms with Crippen LogP contribution < -0.4 is 0 Å². The maximum Gasteiger partial charge on any atom is 0.335 e. The van der Waals surface area contributed by atoms with E-state index >= 15 is 0 Å². The van der Waals surface area contributed by atoms with Gasteiger partial charge in [0.25, 0.3) is 0 Å². The van der Waals surface area contributed by atoms with Crippen molar-refractivity contribution in [2.75, 3.05) is 0 Å². The van der Waals surface area contributed by atoms with Gasteiger partial charge in [-0.2, -0.15) is 0 Å². The minimum absolute atomic E-state index is 0.0163. The molecule has 0 spiro atoms. The molecule has 0 aliphatic rings. The van der Waals surface area contributed by atoms with Crippen molar-refractivity contribution in [3.8, 4) is 22.9 Å². The van der Waals surface area contributed by atoms with Crippen molar-refractivity contribution in [2.45, 2.75) is 0 Å². The van der Waals surface area contributed by atoms with Crippen molar-refractivity contribution in [2.24, 2.45) is 0 Å². The molecular formula is C14H9N3O6. The zero-order valence-electron chi connectivity index (χ0n) is 11.3. The molecule has 0 unspecified atom stereocenters. The number of rotatable bonds is 3. The number of carboxylic acid groups (broad SMARTS) is 1. The summed E-state index contributed by atoms with van der Waals surface area (Å²) in [5.74, 6) is -2.06. The number of carboxylic acids is 1. The van der Waals surface area contributed by atoms with Gasteiger partial charge in [0.05, 0.1) is 27.1 Å². The number of hydrogen-bond donors (Lipinski definition) is 4. The molecule has 4 N–H and O–H groups in total. The predicted molar refractivity (Wildman–Crippen MR) is 78.5 cm³/mol. The average Bonchev–Trinajstić information content (AvgIpc) is 2.89. The van der Waals surface area contributed by atoms with E-state index in [4.69, 9.17) is 5.11 Å². The Bertz CT molecular complexity index is 963. The number of nitrogens with zero attached hydrogens (tertiary/aromatic N) is 2. The number of phenols is 2. The maximum atomic E-state index is 11.0. The number of aromatic nitrogens is 2. The summed E-state index contributed by atoms with van der Waals surface area (Å²) in [5.41, 5.74) is 0.316. The number of nitro benzene ring substituents is 1. The first-order valence-electron chi connectivity index (χ1n) is 6.30. The second-order valence-electron chi connectivity index (χ2n) is 4.74. The van der Waals surface area contributed by atoms with Crippen LogP contribution in [0.15, 0.2) is 30.3 Å². The van der Waals surface area contributed by atoms with Gasteiger partial charge in [0, 0.05) is 12.1 Å². The number of benzene rings is 2. The third kappa shape index (κ3) is 2.39. The molecule has 116 valence electrons. The lowest BCUT2D eigenvalue weighted by Gasteiger charge is -2.03. The molecular weight excluding hydrogens is 306 g/mol. The largest absolute Gasteiger partial charge is 0.507 e. The summed E-state index contributed by atoms with van der Waals surface area (Å²) in [6.45, 7) is 0. The first kappa shape index (κ1) is 14.3. The van der Waals surface area contributed by atoms with Gasteiger partial charge in [0.2, 0.25) is 0 Å². The number of carbonyl (C=O) groups is 1. The Balaban J connectivity index is 2.18. The molecule has 1 aromatic heterocycles. The molecule has 0 saturated carbocycles. The quantitative estimate of drug-likeness (QED) is 0.427. The van der Waals surface area contributed by atoms with Crippen LogP contribution in [0.2, 0.25) is 0 Å². The predicted octanol–water partition coefficient (Wildman–Crippen LogP) is 2.25. The smallest absolute Gasteiger partial charge is 0.335 e. The van der Waals surface area contributed by atoms with Crippen LogP contribution >= 0.6 is 0 Å². The van der Waals surface area contributed by atoms with Crippen LogP contribution in [-0.4, -0.2) is 36.2 Å². The topological polar surface area (TPSA) is 150 Å². The molecule has 3 rings (SSSR count). The Morgan fingerprint density at radius 2 is 1.91 bits per heavy atom. The summed E-state index contributed by atoms with van der Waals surface area (Å²) in [6, 6.07) is 6.04. The Labute approximate surface area is 127 Å². The van der Waals surface area contributed by atoms with E-state index in [-0.39, 0.29) is 17.0 Å². The van der Waals surface area contributed by atoms with E-state index in [1.54, 1.807) is 0 Å². The fraction of sp³-hybridized carbons (Fsp3) is 0. The first-order valence-corrected chi connectivity index (χ1v) is 6.30. The van der Waals surface area contributed by atoms with Crippen molar-refractivity contribution in [3.05, 3.63) is 46.0 Å². The lowest BCUT2D eigenvalue weighted by molar-refractivity contribution is -0.385. The van der Waals surface area contributed by atoms with E-state index in [0.29, 0.717) is 11.0 Å². The number of imidazole rings is 1. The van der Waals surface area contributed by atoms with Gasteiger partial charge in [-0.25, -0.2) is 9.78 Å². The minimum Gasteiger partial charge on any atom is -0.507 e. The van der Waals surface area contributed by atoms with Crippen molar-refractivity contribution >= 4 is 22.7 Å². The highest BCUT2D eigenvalue weighted by atomic mass is 16.6. The molecule has 0 atom stereocenters. The van der Waals surface area contributed by atoms with E-state index in [1.807, 2.05) is 0 Å². The highest BCUT2D eigenvalue weighted by Gasteiger charge is 2.20. The van der Waals surface area contributed by atoms with Crippen molar-refractivity contribution in [3.63, 3.8) is 0 Å². The molecule has 0 saturated heterocycles. The molecule has 3 aromatic rings. The molecule has 9 heteroatoms. The number of H-pyrrole nitrogens is 1. The lowest BCUT2D eigenvalue weighted by atomic mass is 10.1. The molecule has 0 aliphatic carbocycles. The number of nitrogens with one attached hydrogen (secondary N) is 1. The third-order valence-electron chi connectivity index (χ3n) is 3.27. The molecule has 2 aromatic carbocycles. The summed E-state index contributed by atoms with van der Waals surface area (Å²) in [7, 11) is 0. The number of fused-ring (bicyclic) bond motifs is 1. The minimum atomic E-state index is -1.11. The van der Waals surface area contributed by atoms with Crippen LogP contribution in [-0.2, 0) is 0 Å². The summed E-state index contributed by atoms with van der Waals surface area (Å²) < 4.78 is 0. The average molecular weight is 315 g/mol. The van der Waals surface area contributed by atoms with E-state index < -0.39 is 28.1 Å². The van der Waals surface area contributed by atoms with E-state index in [0.717, 1.165) is 12.1 Å². The van der Waals surface area contributed by atoms with Gasteiger partial charge in [-0.1, -0.05) is 0 Å². The summed E-state index contributed by atoms with van der Waals surface area (Å²) in [4.78, 5) is 28.0. The van der Waals surface area contributed by atoms with Gasteiger partial charge in [0.15, 0.2) is 5.75 Å². The van der Waals surface area contributed by atoms with Crippen LogP contribution in [0.4, 0.5) is 5.69 Å². The van der Waals surface area contributed by atoms with Crippen LogP contribution in [0.25, 0.3) is 22.4 Å². The number of hydrogen-bond acceptors (Lipinski definition) is 6. The lowest BCUT2D eigenvalue weighted by Crippen LogP contribution is -1.94. The zero-order valence-corrected chi connectivity index (χ0v) is 11.3. The monoisotopic (exact) mass is 315 g/mol. The summed E-state index contributed by atoms with van der Waals surface area (Å²) >= 11 is 0. The van der Waals surface area contributed by atoms with Gasteiger partial charge in [0.1, 0.15) is 11.6 Å². The highest BCUT2D eigenvalue weighted by Crippen LogP contribution is 2.38. The Kier molecular flexibility index (Phi) is 3.10. The van der Waals surface area contributed by atoms with Gasteiger partial charge >= 0.3 is 11.7 Å². The molecule has 0 bridgehead atoms. The fourth-order valence-electron chi connectivity index (χ4n) is 2.17. The molecule has 0 radical (unpaired) electrons. The second-order valence-corrected chi connectivity index (χ2v) is 4.74. The molecule has 0 amide bonds. The Morgan fingerprint density at radius 1 is 1.17 bits per heavy atom. The van der Waals surface area contributed by atoms with Crippen molar-refractivity contribution < 1.29 is 25.0 Å². The molecule has 0 fully saturated rings. The number of aromatic amines is 1. The van der Waals surface area contributed by atoms with Crippen molar-refractivity contribution in [1.82, 2.24) is 9.97 Å². The van der Waals surface area contributed by atoms with Gasteiger partial charge in [-0.3, -0.25) is 10.1 Å². The molecule has 1 heterocycles. The highest BCUT2D eigenvalue weighted by molar-refractivity contribution is 5.93. The van der Waals surface area contributed by atoms with E-state index in [2.05, 4.69) is 9.97 Å². The first-order chi connectivity index (χ1) is 10.9. The van der Waals surface area contributed by atoms with Gasteiger partial charge in [-0.15, -0.1) is 0 Å². The number of aromatic hydroxyl groups is 2. The van der Waals surface area contributed by atoms with E-state index in [1.165, 1.54) is 18.2 Å². The van der Waals surface area contributed by atoms with Gasteiger partial charge in [-0.05, 0) is 18.2 Å². The SMILES string of the molecule is O=C(O)c1ccc2nc(-c3cc([N+](=O)[O-])c(O)cc3O)[nH]c2c1. The van der Waals surface area contributed by atoms with Crippen molar-refractivity contribution in [1.29, 1.82) is 0 Å². The van der Waals surface area contributed by atoms with E-state index in [9.17, 15) is 25.1 Å². The van der Waals surface area contributed by atoms with Crippen LogP contribution in [0.1, 0.15) is 10.4 Å². The maximum absolute atomic E-state index is 11.0. The van der Waals surface area contributed by atoms with Gasteiger partial charge < -0.3 is 20.3 Å². The second kappa shape index (κ2) is 4.98. The van der Waals surface area contributed by atoms with Crippen LogP contribution in [0.3, 0.4) is 0 Å². The normalized spacial score (nSPS) is 10.8. The number of aromatic carboxylic acids is 1. The van der Waals surface area contributed by atoms with Crippen LogP contribution in [0.5, 0.6) is 11.5 Å². The number of nitro groups is 1.